The quantitative estimate of drug-likeness (QED) is 0.444. The lowest BCUT2D eigenvalue weighted by molar-refractivity contribution is -0.138. The van der Waals surface area contributed by atoms with Crippen molar-refractivity contribution in [1.29, 1.82) is 0 Å². The van der Waals surface area contributed by atoms with Crippen LogP contribution in [0.5, 0.6) is 0 Å². The highest BCUT2D eigenvalue weighted by Crippen LogP contribution is 2.31. The minimum atomic E-state index is -0.0118. The van der Waals surface area contributed by atoms with Crippen LogP contribution in [-0.2, 0) is 11.8 Å². The van der Waals surface area contributed by atoms with Gasteiger partial charge in [0.15, 0.2) is 17.0 Å². The van der Waals surface area contributed by atoms with E-state index < -0.39 is 0 Å². The normalized spacial score (nSPS) is 17.2. The number of anilines is 1. The number of aryl methyl sites for hydroxylation is 1. The van der Waals surface area contributed by atoms with Gasteiger partial charge >= 0.3 is 0 Å². The van der Waals surface area contributed by atoms with Crippen LogP contribution < -0.4 is 4.90 Å². The lowest BCUT2D eigenvalue weighted by Gasteiger charge is -2.44. The van der Waals surface area contributed by atoms with Crippen LogP contribution in [0, 0.1) is 5.92 Å². The van der Waals surface area contributed by atoms with Crippen molar-refractivity contribution in [3.8, 4) is 0 Å². The third-order valence-corrected chi connectivity index (χ3v) is 7.12. The molecule has 35 heavy (non-hydrogen) atoms. The Hall–Kier alpha value is -3.85. The Bertz CT molecular complexity index is 1270. The van der Waals surface area contributed by atoms with Gasteiger partial charge in [0.2, 0.25) is 5.91 Å². The average molecular weight is 469 g/mol. The highest BCUT2D eigenvalue weighted by atomic mass is 16.2. The topological polar surface area (TPSA) is 83.3 Å². The molecule has 0 atom stereocenters. The van der Waals surface area contributed by atoms with Crippen molar-refractivity contribution in [2.24, 2.45) is 13.0 Å². The highest BCUT2D eigenvalue weighted by Gasteiger charge is 2.38. The van der Waals surface area contributed by atoms with Crippen molar-refractivity contribution in [1.82, 2.24) is 34.8 Å². The molecule has 9 heteroatoms. The SMILES string of the molecule is Cn1nnc2c(N3CC(C(=O)N4CCN(C(c5ccccc5)c5ccccc5)CC4)C3)ncnc21. The van der Waals surface area contributed by atoms with Gasteiger partial charge in [-0.25, -0.2) is 14.6 Å². The van der Waals surface area contributed by atoms with Gasteiger partial charge < -0.3 is 9.80 Å². The summed E-state index contributed by atoms with van der Waals surface area (Å²) in [6, 6.07) is 21.5. The van der Waals surface area contributed by atoms with Gasteiger partial charge in [0.25, 0.3) is 0 Å². The van der Waals surface area contributed by atoms with Crippen molar-refractivity contribution in [2.45, 2.75) is 6.04 Å². The smallest absolute Gasteiger partial charge is 0.229 e. The van der Waals surface area contributed by atoms with Crippen LogP contribution >= 0.6 is 0 Å². The molecule has 2 aliphatic rings. The number of nitrogens with zero attached hydrogens (tertiary/aromatic N) is 8. The fourth-order valence-corrected chi connectivity index (χ4v) is 5.22. The molecule has 2 fully saturated rings. The van der Waals surface area contributed by atoms with Crippen LogP contribution in [0.2, 0.25) is 0 Å². The predicted octanol–water partition coefficient (Wildman–Crippen LogP) is 2.13. The lowest BCUT2D eigenvalue weighted by atomic mass is 9.95. The van der Waals surface area contributed by atoms with Gasteiger partial charge in [0, 0.05) is 46.3 Å². The van der Waals surface area contributed by atoms with Crippen LogP contribution in [0.25, 0.3) is 11.2 Å². The summed E-state index contributed by atoms with van der Waals surface area (Å²) in [6.45, 7) is 4.49. The Morgan fingerprint density at radius 1 is 0.886 bits per heavy atom. The number of rotatable bonds is 5. The molecule has 2 aromatic carbocycles. The van der Waals surface area contributed by atoms with Gasteiger partial charge in [0.1, 0.15) is 6.33 Å². The number of amides is 1. The number of carbonyl (C=O) groups is 1. The van der Waals surface area contributed by atoms with E-state index in [4.69, 9.17) is 0 Å². The molecule has 9 nitrogen and oxygen atoms in total. The third-order valence-electron chi connectivity index (χ3n) is 7.12. The number of fused-ring (bicyclic) bond motifs is 1. The van der Waals surface area contributed by atoms with Crippen LogP contribution in [0.15, 0.2) is 67.0 Å². The summed E-state index contributed by atoms with van der Waals surface area (Å²) >= 11 is 0. The number of carbonyl (C=O) groups excluding carboxylic acids is 1. The van der Waals surface area contributed by atoms with E-state index in [0.29, 0.717) is 24.3 Å². The molecule has 1 amide bonds. The van der Waals surface area contributed by atoms with E-state index in [1.807, 2.05) is 11.9 Å². The van der Waals surface area contributed by atoms with Gasteiger partial charge in [-0.15, -0.1) is 5.10 Å². The summed E-state index contributed by atoms with van der Waals surface area (Å²) in [5, 5.41) is 8.25. The summed E-state index contributed by atoms with van der Waals surface area (Å²) in [6.07, 6.45) is 1.53. The molecule has 0 unspecified atom stereocenters. The Morgan fingerprint density at radius 2 is 1.51 bits per heavy atom. The lowest BCUT2D eigenvalue weighted by Crippen LogP contribution is -2.58. The van der Waals surface area contributed by atoms with E-state index in [-0.39, 0.29) is 17.9 Å². The number of hydrogen-bond donors (Lipinski definition) is 0. The molecule has 2 aromatic heterocycles. The maximum atomic E-state index is 13.3. The van der Waals surface area contributed by atoms with E-state index in [2.05, 4.69) is 90.7 Å². The Balaban J connectivity index is 1.10. The van der Waals surface area contributed by atoms with Crippen LogP contribution in [-0.4, -0.2) is 79.9 Å². The van der Waals surface area contributed by atoms with E-state index in [0.717, 1.165) is 32.0 Å². The summed E-state index contributed by atoms with van der Waals surface area (Å²) < 4.78 is 1.64. The molecule has 6 rings (SSSR count). The fraction of sp³-hybridized carbons (Fsp3) is 0.346. The molecule has 0 N–H and O–H groups in total. The van der Waals surface area contributed by atoms with Gasteiger partial charge in [-0.1, -0.05) is 65.9 Å². The monoisotopic (exact) mass is 468 g/mol. The molecular weight excluding hydrogens is 440 g/mol. The van der Waals surface area contributed by atoms with Crippen LogP contribution in [0.3, 0.4) is 0 Å². The molecule has 0 radical (unpaired) electrons. The van der Waals surface area contributed by atoms with Crippen molar-refractivity contribution < 1.29 is 4.79 Å². The largest absolute Gasteiger partial charge is 0.353 e. The second-order valence-corrected chi connectivity index (χ2v) is 9.27. The molecule has 0 aliphatic carbocycles. The summed E-state index contributed by atoms with van der Waals surface area (Å²) in [4.78, 5) is 28.5. The molecule has 0 bridgehead atoms. The maximum Gasteiger partial charge on any atom is 0.229 e. The van der Waals surface area contributed by atoms with Gasteiger partial charge in [0.05, 0.1) is 12.0 Å². The molecule has 178 valence electrons. The molecular formula is C26H28N8O. The second-order valence-electron chi connectivity index (χ2n) is 9.27. The first-order valence-corrected chi connectivity index (χ1v) is 12.1. The first-order valence-electron chi connectivity index (χ1n) is 12.1. The van der Waals surface area contributed by atoms with Crippen molar-refractivity contribution in [3.05, 3.63) is 78.1 Å². The van der Waals surface area contributed by atoms with E-state index in [1.54, 1.807) is 4.68 Å². The number of piperazine rings is 1. The van der Waals surface area contributed by atoms with Gasteiger partial charge in [-0.3, -0.25) is 9.69 Å². The Labute approximate surface area is 204 Å². The molecule has 2 aliphatic heterocycles. The average Bonchev–Trinajstić information content (AvgIpc) is 3.26. The Kier molecular flexibility index (Phi) is 5.61. The zero-order valence-corrected chi connectivity index (χ0v) is 19.7. The van der Waals surface area contributed by atoms with Gasteiger partial charge in [-0.05, 0) is 11.1 Å². The number of aromatic nitrogens is 5. The maximum absolute atomic E-state index is 13.3. The highest BCUT2D eigenvalue weighted by molar-refractivity contribution is 5.86. The molecule has 2 saturated heterocycles. The number of hydrogen-bond acceptors (Lipinski definition) is 7. The number of benzene rings is 2. The summed E-state index contributed by atoms with van der Waals surface area (Å²) in [5.41, 5.74) is 3.95. The Morgan fingerprint density at radius 3 is 2.14 bits per heavy atom. The fourth-order valence-electron chi connectivity index (χ4n) is 5.22. The standard InChI is InChI=1S/C26H28N8O/c1-31-24-22(29-30-31)25(28-18-27-24)34-16-21(17-34)26(35)33-14-12-32(13-15-33)23(19-8-4-2-5-9-19)20-10-6-3-7-11-20/h2-11,18,21,23H,12-17H2,1H3. The molecule has 0 saturated carbocycles. The zero-order valence-electron chi connectivity index (χ0n) is 19.7. The van der Waals surface area contributed by atoms with Gasteiger partial charge in [-0.2, -0.15) is 0 Å². The molecule has 4 heterocycles. The summed E-state index contributed by atoms with van der Waals surface area (Å²) in [7, 11) is 1.81. The minimum Gasteiger partial charge on any atom is -0.353 e. The molecule has 4 aromatic rings. The van der Waals surface area contributed by atoms with Crippen molar-refractivity contribution >= 4 is 22.9 Å². The van der Waals surface area contributed by atoms with Crippen LogP contribution in [0.1, 0.15) is 17.2 Å². The summed E-state index contributed by atoms with van der Waals surface area (Å²) in [5.74, 6) is 0.981. The zero-order chi connectivity index (χ0) is 23.8. The van der Waals surface area contributed by atoms with Crippen LogP contribution in [0.4, 0.5) is 5.82 Å². The first kappa shape index (κ1) is 21.7. The predicted molar refractivity (Wildman–Crippen MR) is 133 cm³/mol. The van der Waals surface area contributed by atoms with Crippen molar-refractivity contribution in [2.75, 3.05) is 44.2 Å². The second kappa shape index (κ2) is 9.07. The van der Waals surface area contributed by atoms with E-state index in [9.17, 15) is 4.79 Å². The van der Waals surface area contributed by atoms with Crippen molar-refractivity contribution in [3.63, 3.8) is 0 Å². The first-order chi connectivity index (χ1) is 17.2. The minimum absolute atomic E-state index is 0.0118. The van der Waals surface area contributed by atoms with E-state index in [1.165, 1.54) is 17.5 Å². The van der Waals surface area contributed by atoms with E-state index >= 15 is 0 Å². The molecule has 0 spiro atoms. The third kappa shape index (κ3) is 4.01.